The van der Waals surface area contributed by atoms with E-state index in [1.165, 1.54) is 24.1 Å². The molecule has 0 spiro atoms. The van der Waals surface area contributed by atoms with E-state index in [-0.39, 0.29) is 0 Å². The number of nitrogens with zero attached hydrogens (tertiary/aromatic N) is 1. The van der Waals surface area contributed by atoms with Gasteiger partial charge in [0, 0.05) is 31.9 Å². The molecule has 0 aromatic heterocycles. The van der Waals surface area contributed by atoms with Crippen LogP contribution in [0.2, 0.25) is 0 Å². The number of hydrogen-bond donors (Lipinski definition) is 1. The van der Waals surface area contributed by atoms with E-state index < -0.39 is 0 Å². The molecule has 1 fully saturated rings. The molecular weight excluding hydrogens is 248 g/mol. The van der Waals surface area contributed by atoms with Crippen LogP contribution in [0.25, 0.3) is 0 Å². The lowest BCUT2D eigenvalue weighted by molar-refractivity contribution is 0.205. The molecule has 1 aromatic carbocycles. The standard InChI is InChI=1S/C17H28N2O/c1-14(2)12-18-13-15-6-4-5-7-17(15)19(10-11-20-3)16-8-9-16/h4-7,14,16,18H,8-13H2,1-3H3. The molecule has 1 aliphatic carbocycles. The quantitative estimate of drug-likeness (QED) is 0.750. The van der Waals surface area contributed by atoms with E-state index in [1.54, 1.807) is 7.11 Å². The first-order valence-electron chi connectivity index (χ1n) is 7.76. The predicted octanol–water partition coefficient (Wildman–Crippen LogP) is 3.05. The lowest BCUT2D eigenvalue weighted by Crippen LogP contribution is -2.31. The number of rotatable bonds is 9. The van der Waals surface area contributed by atoms with Crippen molar-refractivity contribution >= 4 is 5.69 Å². The summed E-state index contributed by atoms with van der Waals surface area (Å²) >= 11 is 0. The van der Waals surface area contributed by atoms with Gasteiger partial charge < -0.3 is 15.0 Å². The Kier molecular flexibility index (Phi) is 5.86. The average molecular weight is 276 g/mol. The van der Waals surface area contributed by atoms with Gasteiger partial charge in [0.05, 0.1) is 6.61 Å². The van der Waals surface area contributed by atoms with Crippen molar-refractivity contribution in [2.75, 3.05) is 31.7 Å². The van der Waals surface area contributed by atoms with Crippen molar-refractivity contribution in [2.45, 2.75) is 39.3 Å². The van der Waals surface area contributed by atoms with Crippen molar-refractivity contribution in [3.63, 3.8) is 0 Å². The van der Waals surface area contributed by atoms with Crippen molar-refractivity contribution in [2.24, 2.45) is 5.92 Å². The number of para-hydroxylation sites is 1. The molecule has 0 unspecified atom stereocenters. The number of anilines is 1. The summed E-state index contributed by atoms with van der Waals surface area (Å²) in [4.78, 5) is 2.52. The van der Waals surface area contributed by atoms with E-state index in [2.05, 4.69) is 48.3 Å². The van der Waals surface area contributed by atoms with Crippen molar-refractivity contribution < 1.29 is 4.74 Å². The second-order valence-electron chi connectivity index (χ2n) is 6.07. The van der Waals surface area contributed by atoms with Gasteiger partial charge in [-0.2, -0.15) is 0 Å². The van der Waals surface area contributed by atoms with Crippen LogP contribution in [0.1, 0.15) is 32.3 Å². The second kappa shape index (κ2) is 7.65. The van der Waals surface area contributed by atoms with Crippen LogP contribution in [0, 0.1) is 5.92 Å². The number of hydrogen-bond acceptors (Lipinski definition) is 3. The molecule has 1 aromatic rings. The lowest BCUT2D eigenvalue weighted by atomic mass is 10.1. The molecule has 0 heterocycles. The third kappa shape index (κ3) is 4.50. The number of benzene rings is 1. The molecule has 1 saturated carbocycles. The largest absolute Gasteiger partial charge is 0.383 e. The van der Waals surface area contributed by atoms with Gasteiger partial charge in [-0.25, -0.2) is 0 Å². The van der Waals surface area contributed by atoms with Gasteiger partial charge >= 0.3 is 0 Å². The van der Waals surface area contributed by atoms with E-state index in [9.17, 15) is 0 Å². The molecule has 1 aliphatic rings. The molecule has 3 nitrogen and oxygen atoms in total. The molecular formula is C17H28N2O. The third-order valence-electron chi connectivity index (χ3n) is 3.69. The summed E-state index contributed by atoms with van der Waals surface area (Å²) in [5.41, 5.74) is 2.78. The van der Waals surface area contributed by atoms with E-state index >= 15 is 0 Å². The Morgan fingerprint density at radius 2 is 2.05 bits per heavy atom. The molecule has 0 bridgehead atoms. The highest BCUT2D eigenvalue weighted by Gasteiger charge is 2.29. The van der Waals surface area contributed by atoms with Gasteiger partial charge in [0.1, 0.15) is 0 Å². The Bertz CT molecular complexity index is 402. The van der Waals surface area contributed by atoms with Crippen molar-refractivity contribution in [1.82, 2.24) is 5.32 Å². The minimum atomic E-state index is 0.690. The minimum Gasteiger partial charge on any atom is -0.383 e. The Hall–Kier alpha value is -1.06. The van der Waals surface area contributed by atoms with Crippen LogP contribution in [-0.2, 0) is 11.3 Å². The SMILES string of the molecule is COCCN(c1ccccc1CNCC(C)C)C1CC1. The predicted molar refractivity (Wildman–Crippen MR) is 85.2 cm³/mol. The van der Waals surface area contributed by atoms with Crippen molar-refractivity contribution in [3.05, 3.63) is 29.8 Å². The first-order valence-corrected chi connectivity index (χ1v) is 7.76. The molecule has 0 aliphatic heterocycles. The summed E-state index contributed by atoms with van der Waals surface area (Å²) in [5.74, 6) is 0.690. The minimum absolute atomic E-state index is 0.690. The molecule has 2 rings (SSSR count). The Morgan fingerprint density at radius 1 is 1.30 bits per heavy atom. The zero-order chi connectivity index (χ0) is 14.4. The summed E-state index contributed by atoms with van der Waals surface area (Å²) < 4.78 is 5.27. The van der Waals surface area contributed by atoms with Crippen molar-refractivity contribution in [1.29, 1.82) is 0 Å². The monoisotopic (exact) mass is 276 g/mol. The maximum atomic E-state index is 5.27. The Morgan fingerprint density at radius 3 is 2.70 bits per heavy atom. The summed E-state index contributed by atoms with van der Waals surface area (Å²) in [6.07, 6.45) is 2.63. The van der Waals surface area contributed by atoms with E-state index in [0.29, 0.717) is 5.92 Å². The maximum Gasteiger partial charge on any atom is 0.0637 e. The van der Waals surface area contributed by atoms with Gasteiger partial charge in [0.2, 0.25) is 0 Å². The van der Waals surface area contributed by atoms with Gasteiger partial charge in [-0.3, -0.25) is 0 Å². The van der Waals surface area contributed by atoms with Gasteiger partial charge in [-0.05, 0) is 36.9 Å². The zero-order valence-electron chi connectivity index (χ0n) is 13.1. The first-order chi connectivity index (χ1) is 9.72. The molecule has 1 N–H and O–H groups in total. The molecule has 0 amide bonds. The topological polar surface area (TPSA) is 24.5 Å². The fraction of sp³-hybridized carbons (Fsp3) is 0.647. The van der Waals surface area contributed by atoms with Crippen molar-refractivity contribution in [3.8, 4) is 0 Å². The van der Waals surface area contributed by atoms with Crippen LogP contribution < -0.4 is 10.2 Å². The normalized spacial score (nSPS) is 14.8. The summed E-state index contributed by atoms with van der Waals surface area (Å²) in [6.45, 7) is 8.29. The van der Waals surface area contributed by atoms with Gasteiger partial charge in [0.25, 0.3) is 0 Å². The highest BCUT2D eigenvalue weighted by Crippen LogP contribution is 2.33. The fourth-order valence-electron chi connectivity index (χ4n) is 2.51. The third-order valence-corrected chi connectivity index (χ3v) is 3.69. The van der Waals surface area contributed by atoms with Crippen LogP contribution in [-0.4, -0.2) is 32.8 Å². The maximum absolute atomic E-state index is 5.27. The van der Waals surface area contributed by atoms with E-state index in [0.717, 1.165) is 32.3 Å². The van der Waals surface area contributed by atoms with Crippen LogP contribution >= 0.6 is 0 Å². The highest BCUT2D eigenvalue weighted by molar-refractivity contribution is 5.55. The van der Waals surface area contributed by atoms with Crippen LogP contribution in [0.3, 0.4) is 0 Å². The Balaban J connectivity index is 2.04. The van der Waals surface area contributed by atoms with Crippen LogP contribution in [0.4, 0.5) is 5.69 Å². The fourth-order valence-corrected chi connectivity index (χ4v) is 2.51. The van der Waals surface area contributed by atoms with Gasteiger partial charge in [0.15, 0.2) is 0 Å². The van der Waals surface area contributed by atoms with E-state index in [4.69, 9.17) is 4.74 Å². The van der Waals surface area contributed by atoms with Crippen LogP contribution in [0.5, 0.6) is 0 Å². The first kappa shape index (κ1) is 15.3. The molecule has 112 valence electrons. The molecule has 0 radical (unpaired) electrons. The second-order valence-corrected chi connectivity index (χ2v) is 6.07. The Labute approximate surface area is 123 Å². The number of nitrogens with one attached hydrogen (secondary N) is 1. The highest BCUT2D eigenvalue weighted by atomic mass is 16.5. The number of ether oxygens (including phenoxy) is 1. The lowest BCUT2D eigenvalue weighted by Gasteiger charge is -2.27. The van der Waals surface area contributed by atoms with Gasteiger partial charge in [-0.1, -0.05) is 32.0 Å². The molecule has 20 heavy (non-hydrogen) atoms. The summed E-state index contributed by atoms with van der Waals surface area (Å²) in [6, 6.07) is 9.49. The van der Waals surface area contributed by atoms with Gasteiger partial charge in [-0.15, -0.1) is 0 Å². The van der Waals surface area contributed by atoms with E-state index in [1.807, 2.05) is 0 Å². The smallest absolute Gasteiger partial charge is 0.0637 e. The molecule has 0 saturated heterocycles. The molecule has 0 atom stereocenters. The summed E-state index contributed by atoms with van der Waals surface area (Å²) in [5, 5.41) is 3.55. The molecule has 3 heteroatoms. The zero-order valence-corrected chi connectivity index (χ0v) is 13.1. The number of methoxy groups -OCH3 is 1. The summed E-state index contributed by atoms with van der Waals surface area (Å²) in [7, 11) is 1.78. The average Bonchev–Trinajstić information content (AvgIpc) is 3.25. The van der Waals surface area contributed by atoms with Crippen LogP contribution in [0.15, 0.2) is 24.3 Å².